The van der Waals surface area contributed by atoms with Crippen molar-refractivity contribution in [3.8, 4) is 5.75 Å². The number of hydrogen-bond donors (Lipinski definition) is 1. The minimum atomic E-state index is -0.489. The fourth-order valence-electron chi connectivity index (χ4n) is 1.91. The number of nitrogens with zero attached hydrogens (tertiary/aromatic N) is 1. The third-order valence-electron chi connectivity index (χ3n) is 3.30. The first-order chi connectivity index (χ1) is 9.31. The van der Waals surface area contributed by atoms with Crippen molar-refractivity contribution in [1.29, 1.82) is 0 Å². The molecule has 0 bridgehead atoms. The summed E-state index contributed by atoms with van der Waals surface area (Å²) in [5, 5.41) is 2.88. The Morgan fingerprint density at radius 1 is 1.30 bits per heavy atom. The van der Waals surface area contributed by atoms with Gasteiger partial charge in [0.25, 0.3) is 5.91 Å². The molecule has 0 aliphatic heterocycles. The molecule has 0 aliphatic rings. The molecule has 1 atom stereocenters. The van der Waals surface area contributed by atoms with Gasteiger partial charge in [-0.05, 0) is 64.5 Å². The molecule has 0 aliphatic carbocycles. The van der Waals surface area contributed by atoms with Gasteiger partial charge in [-0.25, -0.2) is 0 Å². The maximum Gasteiger partial charge on any atom is 0.260 e. The first-order valence-electron chi connectivity index (χ1n) is 6.98. The van der Waals surface area contributed by atoms with E-state index in [1.165, 1.54) is 5.56 Å². The molecule has 0 saturated heterocycles. The van der Waals surface area contributed by atoms with Crippen LogP contribution in [0.5, 0.6) is 5.75 Å². The van der Waals surface area contributed by atoms with Crippen LogP contribution in [0, 0.1) is 20.8 Å². The number of likely N-dealkylation sites (N-methyl/N-ethyl adjacent to an activating group) is 1. The van der Waals surface area contributed by atoms with Gasteiger partial charge >= 0.3 is 0 Å². The average Bonchev–Trinajstić information content (AvgIpc) is 2.34. The minimum Gasteiger partial charge on any atom is -0.481 e. The third kappa shape index (κ3) is 4.85. The maximum atomic E-state index is 12.0. The topological polar surface area (TPSA) is 41.6 Å². The monoisotopic (exact) mass is 278 g/mol. The van der Waals surface area contributed by atoms with Crippen molar-refractivity contribution < 1.29 is 9.53 Å². The molecule has 0 unspecified atom stereocenters. The van der Waals surface area contributed by atoms with Crippen molar-refractivity contribution in [2.45, 2.75) is 33.8 Å². The summed E-state index contributed by atoms with van der Waals surface area (Å²) in [6.45, 7) is 9.33. The second kappa shape index (κ2) is 7.29. The Morgan fingerprint density at radius 2 is 1.95 bits per heavy atom. The lowest BCUT2D eigenvalue weighted by Gasteiger charge is -2.18. The van der Waals surface area contributed by atoms with Crippen LogP contribution in [0.15, 0.2) is 12.1 Å². The number of benzene rings is 1. The molecule has 1 N–H and O–H groups in total. The Labute approximate surface area is 122 Å². The fourth-order valence-corrected chi connectivity index (χ4v) is 1.91. The Hall–Kier alpha value is -1.55. The van der Waals surface area contributed by atoms with Gasteiger partial charge in [0.1, 0.15) is 5.75 Å². The standard InChI is InChI=1S/C16H26N2O2/c1-11-9-12(2)13(3)15(10-11)20-14(4)16(19)17-7-8-18(5)6/h9-10,14H,7-8H2,1-6H3,(H,17,19)/t14-/m1/s1. The van der Waals surface area contributed by atoms with E-state index < -0.39 is 6.10 Å². The number of amides is 1. The number of hydrogen-bond acceptors (Lipinski definition) is 3. The number of ether oxygens (including phenoxy) is 1. The molecule has 4 nitrogen and oxygen atoms in total. The van der Waals surface area contributed by atoms with Gasteiger partial charge in [0, 0.05) is 13.1 Å². The van der Waals surface area contributed by atoms with Crippen LogP contribution >= 0.6 is 0 Å². The summed E-state index contributed by atoms with van der Waals surface area (Å²) in [6.07, 6.45) is -0.489. The molecule has 0 radical (unpaired) electrons. The lowest BCUT2D eigenvalue weighted by molar-refractivity contribution is -0.127. The highest BCUT2D eigenvalue weighted by Crippen LogP contribution is 2.24. The van der Waals surface area contributed by atoms with Gasteiger partial charge in [0.15, 0.2) is 6.10 Å². The second-order valence-electron chi connectivity index (χ2n) is 5.56. The van der Waals surface area contributed by atoms with Crippen LogP contribution in [0.1, 0.15) is 23.6 Å². The number of aryl methyl sites for hydroxylation is 2. The molecular weight excluding hydrogens is 252 g/mol. The summed E-state index contributed by atoms with van der Waals surface area (Å²) < 4.78 is 5.80. The van der Waals surface area contributed by atoms with Crippen LogP contribution in [0.4, 0.5) is 0 Å². The highest BCUT2D eigenvalue weighted by Gasteiger charge is 2.16. The van der Waals surface area contributed by atoms with Gasteiger partial charge in [0.2, 0.25) is 0 Å². The first kappa shape index (κ1) is 16.5. The number of carbonyl (C=O) groups excluding carboxylic acids is 1. The van der Waals surface area contributed by atoms with E-state index in [0.717, 1.165) is 23.4 Å². The quantitative estimate of drug-likeness (QED) is 0.866. The molecule has 0 saturated carbocycles. The molecule has 112 valence electrons. The molecule has 20 heavy (non-hydrogen) atoms. The lowest BCUT2D eigenvalue weighted by Crippen LogP contribution is -2.39. The van der Waals surface area contributed by atoms with E-state index in [2.05, 4.69) is 18.3 Å². The Morgan fingerprint density at radius 3 is 2.55 bits per heavy atom. The van der Waals surface area contributed by atoms with Crippen LogP contribution in [0.25, 0.3) is 0 Å². The molecule has 1 amide bonds. The van der Waals surface area contributed by atoms with Crippen molar-refractivity contribution in [1.82, 2.24) is 10.2 Å². The zero-order chi connectivity index (χ0) is 15.3. The zero-order valence-electron chi connectivity index (χ0n) is 13.4. The largest absolute Gasteiger partial charge is 0.481 e. The fraction of sp³-hybridized carbons (Fsp3) is 0.562. The minimum absolute atomic E-state index is 0.0783. The first-order valence-corrected chi connectivity index (χ1v) is 6.98. The molecule has 4 heteroatoms. The van der Waals surface area contributed by atoms with E-state index in [1.807, 2.05) is 38.9 Å². The lowest BCUT2D eigenvalue weighted by atomic mass is 10.1. The molecule has 0 heterocycles. The van der Waals surface area contributed by atoms with Crippen molar-refractivity contribution in [3.63, 3.8) is 0 Å². The summed E-state index contributed by atoms with van der Waals surface area (Å²) in [4.78, 5) is 14.0. The molecule has 1 rings (SSSR count). The van der Waals surface area contributed by atoms with Gasteiger partial charge in [-0.2, -0.15) is 0 Å². The third-order valence-corrected chi connectivity index (χ3v) is 3.30. The summed E-state index contributed by atoms with van der Waals surface area (Å²) in [5.41, 5.74) is 3.41. The Bertz CT molecular complexity index is 470. The van der Waals surface area contributed by atoms with Gasteiger partial charge < -0.3 is 15.0 Å². The van der Waals surface area contributed by atoms with Gasteiger partial charge in [0.05, 0.1) is 0 Å². The predicted octanol–water partition coefficient (Wildman–Crippen LogP) is 2.06. The highest BCUT2D eigenvalue weighted by atomic mass is 16.5. The normalized spacial score (nSPS) is 12.3. The predicted molar refractivity (Wildman–Crippen MR) is 82.3 cm³/mol. The Kier molecular flexibility index (Phi) is 6.02. The highest BCUT2D eigenvalue weighted by molar-refractivity contribution is 5.80. The number of carbonyl (C=O) groups is 1. The van der Waals surface area contributed by atoms with Crippen LogP contribution < -0.4 is 10.1 Å². The summed E-state index contributed by atoms with van der Waals surface area (Å²) in [6, 6.07) is 4.09. The average molecular weight is 278 g/mol. The van der Waals surface area contributed by atoms with Crippen LogP contribution in [0.2, 0.25) is 0 Å². The van der Waals surface area contributed by atoms with Crippen molar-refractivity contribution in [3.05, 3.63) is 28.8 Å². The summed E-state index contributed by atoms with van der Waals surface area (Å²) in [7, 11) is 3.95. The zero-order valence-corrected chi connectivity index (χ0v) is 13.4. The van der Waals surface area contributed by atoms with Crippen molar-refractivity contribution in [2.24, 2.45) is 0 Å². The molecular formula is C16H26N2O2. The molecule has 1 aromatic carbocycles. The van der Waals surface area contributed by atoms with E-state index in [4.69, 9.17) is 4.74 Å². The Balaban J connectivity index is 2.61. The van der Waals surface area contributed by atoms with E-state index in [9.17, 15) is 4.79 Å². The molecule has 0 aromatic heterocycles. The summed E-state index contributed by atoms with van der Waals surface area (Å²) >= 11 is 0. The summed E-state index contributed by atoms with van der Waals surface area (Å²) in [5.74, 6) is 0.711. The van der Waals surface area contributed by atoms with Crippen LogP contribution in [-0.2, 0) is 4.79 Å². The van der Waals surface area contributed by atoms with E-state index in [-0.39, 0.29) is 5.91 Å². The van der Waals surface area contributed by atoms with Gasteiger partial charge in [-0.15, -0.1) is 0 Å². The van der Waals surface area contributed by atoms with E-state index in [0.29, 0.717) is 6.54 Å². The van der Waals surface area contributed by atoms with Gasteiger partial charge in [-0.3, -0.25) is 4.79 Å². The number of rotatable bonds is 6. The van der Waals surface area contributed by atoms with E-state index >= 15 is 0 Å². The molecule has 0 fully saturated rings. The van der Waals surface area contributed by atoms with Crippen LogP contribution in [-0.4, -0.2) is 44.1 Å². The van der Waals surface area contributed by atoms with E-state index in [1.54, 1.807) is 6.92 Å². The number of nitrogens with one attached hydrogen (secondary N) is 1. The van der Waals surface area contributed by atoms with Crippen molar-refractivity contribution >= 4 is 5.91 Å². The van der Waals surface area contributed by atoms with Gasteiger partial charge in [-0.1, -0.05) is 6.07 Å². The van der Waals surface area contributed by atoms with Crippen molar-refractivity contribution in [2.75, 3.05) is 27.2 Å². The molecule has 1 aromatic rings. The molecule has 0 spiro atoms. The SMILES string of the molecule is Cc1cc(C)c(C)c(O[C@H](C)C(=O)NCCN(C)C)c1. The second-order valence-corrected chi connectivity index (χ2v) is 5.56. The smallest absolute Gasteiger partial charge is 0.260 e. The maximum absolute atomic E-state index is 12.0. The van der Waals surface area contributed by atoms with Crippen LogP contribution in [0.3, 0.4) is 0 Å².